The van der Waals surface area contributed by atoms with E-state index in [0.717, 1.165) is 26.8 Å². The van der Waals surface area contributed by atoms with E-state index in [1.54, 1.807) is 18.3 Å². The molecule has 0 spiro atoms. The highest BCUT2D eigenvalue weighted by Crippen LogP contribution is 2.26. The summed E-state index contributed by atoms with van der Waals surface area (Å²) in [6.07, 6.45) is 1.55. The lowest BCUT2D eigenvalue weighted by atomic mass is 10.0. The van der Waals surface area contributed by atoms with Crippen LogP contribution < -0.4 is 5.56 Å². The molecule has 4 rings (SSSR count). The standard InChI is InChI=1S/C24H18N2O2/c1-17-12-13-23(27)26(16-17)24(28)22-15-20(18-8-4-2-5-9-18)14-21(25-22)19-10-6-3-7-11-19/h2-16H,1H3. The van der Waals surface area contributed by atoms with Crippen molar-refractivity contribution in [3.8, 4) is 22.4 Å². The van der Waals surface area contributed by atoms with Gasteiger partial charge in [0.05, 0.1) is 5.69 Å². The summed E-state index contributed by atoms with van der Waals surface area (Å²) >= 11 is 0. The van der Waals surface area contributed by atoms with Crippen LogP contribution in [0.5, 0.6) is 0 Å². The first-order chi connectivity index (χ1) is 13.6. The zero-order chi connectivity index (χ0) is 19.5. The highest BCUT2D eigenvalue weighted by atomic mass is 16.2. The molecule has 0 saturated carbocycles. The topological polar surface area (TPSA) is 52.0 Å². The molecule has 0 bridgehead atoms. The maximum absolute atomic E-state index is 13.1. The summed E-state index contributed by atoms with van der Waals surface area (Å²) in [7, 11) is 0. The highest BCUT2D eigenvalue weighted by molar-refractivity contribution is 5.96. The quantitative estimate of drug-likeness (QED) is 0.533. The maximum atomic E-state index is 13.1. The van der Waals surface area contributed by atoms with Crippen molar-refractivity contribution in [1.82, 2.24) is 9.55 Å². The Balaban J connectivity index is 1.90. The number of pyridine rings is 2. The fourth-order valence-electron chi connectivity index (χ4n) is 3.07. The summed E-state index contributed by atoms with van der Waals surface area (Å²) in [6, 6.07) is 26.3. The molecule has 4 aromatic rings. The molecule has 4 nitrogen and oxygen atoms in total. The van der Waals surface area contributed by atoms with Crippen molar-refractivity contribution in [2.24, 2.45) is 0 Å². The van der Waals surface area contributed by atoms with Crippen molar-refractivity contribution in [2.45, 2.75) is 6.92 Å². The Morgan fingerprint density at radius 2 is 1.43 bits per heavy atom. The lowest BCUT2D eigenvalue weighted by Crippen LogP contribution is -2.27. The molecule has 0 saturated heterocycles. The second kappa shape index (κ2) is 7.45. The molecular weight excluding hydrogens is 348 g/mol. The van der Waals surface area contributed by atoms with Crippen LogP contribution in [0.2, 0.25) is 0 Å². The molecule has 2 aromatic heterocycles. The normalized spacial score (nSPS) is 10.6. The van der Waals surface area contributed by atoms with Crippen LogP contribution in [0.4, 0.5) is 0 Å². The van der Waals surface area contributed by atoms with Crippen LogP contribution in [0, 0.1) is 6.92 Å². The first-order valence-corrected chi connectivity index (χ1v) is 8.99. The van der Waals surface area contributed by atoms with E-state index in [1.165, 1.54) is 6.07 Å². The van der Waals surface area contributed by atoms with Crippen LogP contribution in [-0.2, 0) is 0 Å². The fourth-order valence-corrected chi connectivity index (χ4v) is 3.07. The minimum atomic E-state index is -0.441. The summed E-state index contributed by atoms with van der Waals surface area (Å²) in [4.78, 5) is 29.9. The number of rotatable bonds is 3. The SMILES string of the molecule is Cc1ccc(=O)n(C(=O)c2cc(-c3ccccc3)cc(-c3ccccc3)n2)c1. The molecule has 0 fully saturated rings. The highest BCUT2D eigenvalue weighted by Gasteiger charge is 2.15. The number of carbonyl (C=O) groups excluding carboxylic acids is 1. The minimum absolute atomic E-state index is 0.230. The molecule has 0 aliphatic rings. The summed E-state index contributed by atoms with van der Waals surface area (Å²) < 4.78 is 1.11. The van der Waals surface area contributed by atoms with E-state index in [9.17, 15) is 9.59 Å². The Hall–Kier alpha value is -3.79. The number of benzene rings is 2. The van der Waals surface area contributed by atoms with Gasteiger partial charge in [0.2, 0.25) is 0 Å². The van der Waals surface area contributed by atoms with Crippen LogP contribution in [-0.4, -0.2) is 15.5 Å². The molecule has 0 aliphatic carbocycles. The zero-order valence-electron chi connectivity index (χ0n) is 15.4. The van der Waals surface area contributed by atoms with Gasteiger partial charge in [-0.1, -0.05) is 66.7 Å². The molecule has 0 amide bonds. The third-order valence-corrected chi connectivity index (χ3v) is 4.50. The monoisotopic (exact) mass is 366 g/mol. The Morgan fingerprint density at radius 3 is 2.11 bits per heavy atom. The van der Waals surface area contributed by atoms with Crippen LogP contribution in [0.25, 0.3) is 22.4 Å². The van der Waals surface area contributed by atoms with E-state index in [4.69, 9.17) is 0 Å². The molecule has 4 heteroatoms. The number of aryl methyl sites for hydroxylation is 1. The second-order valence-electron chi connectivity index (χ2n) is 6.58. The molecule has 2 heterocycles. The van der Waals surface area contributed by atoms with Gasteiger partial charge < -0.3 is 0 Å². The zero-order valence-corrected chi connectivity index (χ0v) is 15.4. The van der Waals surface area contributed by atoms with E-state index in [1.807, 2.05) is 73.7 Å². The summed E-state index contributed by atoms with van der Waals surface area (Å²) in [5.74, 6) is -0.441. The minimum Gasteiger partial charge on any atom is -0.269 e. The van der Waals surface area contributed by atoms with Gasteiger partial charge in [-0.15, -0.1) is 0 Å². The van der Waals surface area contributed by atoms with E-state index in [-0.39, 0.29) is 11.3 Å². The summed E-state index contributed by atoms with van der Waals surface area (Å²) in [6.45, 7) is 1.84. The van der Waals surface area contributed by atoms with Crippen LogP contribution >= 0.6 is 0 Å². The first kappa shape index (κ1) is 17.6. The van der Waals surface area contributed by atoms with Crippen molar-refractivity contribution in [3.05, 3.63) is 113 Å². The van der Waals surface area contributed by atoms with Crippen molar-refractivity contribution in [2.75, 3.05) is 0 Å². The molecule has 136 valence electrons. The van der Waals surface area contributed by atoms with Crippen LogP contribution in [0.3, 0.4) is 0 Å². The van der Waals surface area contributed by atoms with E-state index < -0.39 is 5.91 Å². The van der Waals surface area contributed by atoms with Crippen molar-refractivity contribution in [3.63, 3.8) is 0 Å². The number of hydrogen-bond acceptors (Lipinski definition) is 3. The van der Waals surface area contributed by atoms with E-state index in [0.29, 0.717) is 5.69 Å². The molecule has 0 N–H and O–H groups in total. The number of nitrogens with zero attached hydrogens (tertiary/aromatic N) is 2. The van der Waals surface area contributed by atoms with E-state index >= 15 is 0 Å². The average molecular weight is 366 g/mol. The summed E-state index contributed by atoms with van der Waals surface area (Å²) in [5, 5.41) is 0. The lowest BCUT2D eigenvalue weighted by Gasteiger charge is -2.10. The van der Waals surface area contributed by atoms with E-state index in [2.05, 4.69) is 4.98 Å². The lowest BCUT2D eigenvalue weighted by molar-refractivity contribution is 0.0951. The number of hydrogen-bond donors (Lipinski definition) is 0. The largest absolute Gasteiger partial charge is 0.283 e. The fraction of sp³-hybridized carbons (Fsp3) is 0.0417. The van der Waals surface area contributed by atoms with Gasteiger partial charge in [0.25, 0.3) is 11.5 Å². The van der Waals surface area contributed by atoms with Gasteiger partial charge in [-0.2, -0.15) is 0 Å². The van der Waals surface area contributed by atoms with Gasteiger partial charge in [0.15, 0.2) is 0 Å². The maximum Gasteiger partial charge on any atom is 0.283 e. The molecule has 0 radical (unpaired) electrons. The van der Waals surface area contributed by atoms with Gasteiger partial charge in [0, 0.05) is 17.8 Å². The average Bonchev–Trinajstić information content (AvgIpc) is 2.76. The predicted molar refractivity (Wildman–Crippen MR) is 110 cm³/mol. The van der Waals surface area contributed by atoms with Gasteiger partial charge in [-0.05, 0) is 35.7 Å². The van der Waals surface area contributed by atoms with Gasteiger partial charge >= 0.3 is 0 Å². The molecule has 28 heavy (non-hydrogen) atoms. The first-order valence-electron chi connectivity index (χ1n) is 8.99. The van der Waals surface area contributed by atoms with Gasteiger partial charge in [0.1, 0.15) is 5.69 Å². The molecule has 2 aromatic carbocycles. The van der Waals surface area contributed by atoms with Gasteiger partial charge in [-0.25, -0.2) is 9.55 Å². The Kier molecular flexibility index (Phi) is 4.68. The van der Waals surface area contributed by atoms with Crippen LogP contribution in [0.1, 0.15) is 16.1 Å². The predicted octanol–water partition coefficient (Wildman–Crippen LogP) is 4.57. The number of carbonyl (C=O) groups is 1. The molecule has 0 unspecified atom stereocenters. The Bertz CT molecular complexity index is 1140. The van der Waals surface area contributed by atoms with Gasteiger partial charge in [-0.3, -0.25) is 9.59 Å². The second-order valence-corrected chi connectivity index (χ2v) is 6.58. The van der Waals surface area contributed by atoms with Crippen molar-refractivity contribution < 1.29 is 4.79 Å². The van der Waals surface area contributed by atoms with Crippen LogP contribution in [0.15, 0.2) is 95.9 Å². The molecule has 0 atom stereocenters. The Labute approximate surface area is 162 Å². The third-order valence-electron chi connectivity index (χ3n) is 4.50. The smallest absolute Gasteiger partial charge is 0.269 e. The Morgan fingerprint density at radius 1 is 0.786 bits per heavy atom. The molecule has 0 aliphatic heterocycles. The van der Waals surface area contributed by atoms with Crippen molar-refractivity contribution >= 4 is 5.91 Å². The summed E-state index contributed by atoms with van der Waals surface area (Å²) in [5.41, 5.74) is 4.13. The third kappa shape index (κ3) is 3.53. The molecular formula is C24H18N2O2. The van der Waals surface area contributed by atoms with Crippen molar-refractivity contribution in [1.29, 1.82) is 0 Å². The number of aromatic nitrogens is 2.